The van der Waals surface area contributed by atoms with Gasteiger partial charge in [0.05, 0.1) is 12.7 Å². The number of aliphatic hydroxyl groups is 3. The van der Waals surface area contributed by atoms with Crippen LogP contribution in [0.1, 0.15) is 40.0 Å². The van der Waals surface area contributed by atoms with Crippen molar-refractivity contribution < 1.29 is 24.9 Å². The standard InChI is InChI=1S/C15H27NO5/c1-10(17)15(20,14(2,3)19)13(18)21-9-11-6-8-16-7-4-5-12(11)16/h10-12,17,19-20H,4-9H2,1-3H3. The van der Waals surface area contributed by atoms with Crippen molar-refractivity contribution in [3.63, 3.8) is 0 Å². The van der Waals surface area contributed by atoms with E-state index in [-0.39, 0.29) is 12.5 Å². The van der Waals surface area contributed by atoms with Crippen LogP contribution in [0.5, 0.6) is 0 Å². The minimum Gasteiger partial charge on any atom is -0.463 e. The number of carbonyl (C=O) groups excluding carboxylic acids is 1. The first-order valence-corrected chi connectivity index (χ1v) is 7.72. The van der Waals surface area contributed by atoms with Crippen molar-refractivity contribution in [1.82, 2.24) is 4.90 Å². The SMILES string of the molecule is CC(O)C(O)(C(=O)OCC1CCN2CCCC12)C(C)(C)O. The Morgan fingerprint density at radius 3 is 2.57 bits per heavy atom. The minimum absolute atomic E-state index is 0.227. The van der Waals surface area contributed by atoms with Crippen molar-refractivity contribution in [2.75, 3.05) is 19.7 Å². The summed E-state index contributed by atoms with van der Waals surface area (Å²) in [6.07, 6.45) is 1.86. The van der Waals surface area contributed by atoms with Gasteiger partial charge in [0.25, 0.3) is 0 Å². The molecule has 2 rings (SSSR count). The summed E-state index contributed by atoms with van der Waals surface area (Å²) in [5.74, 6) is -0.682. The van der Waals surface area contributed by atoms with E-state index in [9.17, 15) is 20.1 Å². The zero-order valence-corrected chi connectivity index (χ0v) is 13.1. The van der Waals surface area contributed by atoms with E-state index in [2.05, 4.69) is 4.90 Å². The Morgan fingerprint density at radius 2 is 2.00 bits per heavy atom. The molecule has 21 heavy (non-hydrogen) atoms. The lowest BCUT2D eigenvalue weighted by atomic mass is 9.81. The Labute approximate surface area is 125 Å². The summed E-state index contributed by atoms with van der Waals surface area (Å²) in [5, 5.41) is 30.1. The molecule has 0 aromatic rings. The molecule has 0 radical (unpaired) electrons. The van der Waals surface area contributed by atoms with Crippen LogP contribution in [-0.2, 0) is 9.53 Å². The van der Waals surface area contributed by atoms with E-state index in [4.69, 9.17) is 4.74 Å². The molecule has 0 spiro atoms. The highest BCUT2D eigenvalue weighted by molar-refractivity contribution is 5.81. The molecule has 122 valence electrons. The first-order valence-electron chi connectivity index (χ1n) is 7.72. The Hall–Kier alpha value is -0.690. The van der Waals surface area contributed by atoms with Crippen molar-refractivity contribution in [3.05, 3.63) is 0 Å². The Balaban J connectivity index is 1.97. The second-order valence-corrected chi connectivity index (χ2v) is 6.89. The van der Waals surface area contributed by atoms with Crippen LogP contribution in [0, 0.1) is 5.92 Å². The number of fused-ring (bicyclic) bond motifs is 1. The smallest absolute Gasteiger partial charge is 0.343 e. The summed E-state index contributed by atoms with van der Waals surface area (Å²) in [6.45, 7) is 6.21. The number of carbonyl (C=O) groups is 1. The highest BCUT2D eigenvalue weighted by Gasteiger charge is 2.54. The number of rotatable bonds is 5. The number of hydrogen-bond acceptors (Lipinski definition) is 6. The number of nitrogens with zero attached hydrogens (tertiary/aromatic N) is 1. The molecular formula is C15H27NO5. The van der Waals surface area contributed by atoms with Gasteiger partial charge in [-0.3, -0.25) is 4.90 Å². The van der Waals surface area contributed by atoms with Crippen molar-refractivity contribution in [2.24, 2.45) is 5.92 Å². The molecule has 0 aromatic heterocycles. The maximum absolute atomic E-state index is 12.2. The number of aliphatic hydroxyl groups excluding tert-OH is 1. The fourth-order valence-corrected chi connectivity index (χ4v) is 3.61. The first-order chi connectivity index (χ1) is 9.68. The van der Waals surface area contributed by atoms with Gasteiger partial charge < -0.3 is 20.1 Å². The summed E-state index contributed by atoms with van der Waals surface area (Å²) in [6, 6.07) is 0.458. The predicted octanol–water partition coefficient (Wildman–Crippen LogP) is -0.103. The van der Waals surface area contributed by atoms with Gasteiger partial charge in [-0.1, -0.05) is 0 Å². The summed E-state index contributed by atoms with van der Waals surface area (Å²) < 4.78 is 5.25. The van der Waals surface area contributed by atoms with Crippen molar-refractivity contribution in [1.29, 1.82) is 0 Å². The largest absolute Gasteiger partial charge is 0.463 e. The monoisotopic (exact) mass is 301 g/mol. The average Bonchev–Trinajstić information content (AvgIpc) is 2.96. The molecule has 4 atom stereocenters. The van der Waals surface area contributed by atoms with Gasteiger partial charge in [0.15, 0.2) is 0 Å². The van der Waals surface area contributed by atoms with Crippen molar-refractivity contribution in [3.8, 4) is 0 Å². The third-order valence-corrected chi connectivity index (χ3v) is 5.02. The van der Waals surface area contributed by atoms with Crippen molar-refractivity contribution >= 4 is 5.97 Å². The molecule has 2 heterocycles. The molecule has 2 aliphatic heterocycles. The van der Waals surface area contributed by atoms with Gasteiger partial charge in [-0.2, -0.15) is 0 Å². The quantitative estimate of drug-likeness (QED) is 0.614. The third-order valence-electron chi connectivity index (χ3n) is 5.02. The lowest BCUT2D eigenvalue weighted by molar-refractivity contribution is -0.214. The maximum atomic E-state index is 12.2. The zero-order valence-electron chi connectivity index (χ0n) is 13.1. The molecule has 3 N–H and O–H groups in total. The number of hydrogen-bond donors (Lipinski definition) is 3. The minimum atomic E-state index is -2.32. The van der Waals surface area contributed by atoms with Crippen LogP contribution in [0.4, 0.5) is 0 Å². The molecule has 6 heteroatoms. The zero-order chi connectivity index (χ0) is 15.8. The van der Waals surface area contributed by atoms with Crippen LogP contribution in [0.15, 0.2) is 0 Å². The Morgan fingerprint density at radius 1 is 1.33 bits per heavy atom. The van der Waals surface area contributed by atoms with Gasteiger partial charge in [0.2, 0.25) is 5.60 Å². The van der Waals surface area contributed by atoms with Crippen LogP contribution in [0.3, 0.4) is 0 Å². The molecule has 0 aromatic carbocycles. The fraction of sp³-hybridized carbons (Fsp3) is 0.933. The van der Waals surface area contributed by atoms with Gasteiger partial charge in [0.1, 0.15) is 5.60 Å². The van der Waals surface area contributed by atoms with E-state index in [1.54, 1.807) is 0 Å². The van der Waals surface area contributed by atoms with Gasteiger partial charge in [0, 0.05) is 12.0 Å². The molecule has 0 amide bonds. The van der Waals surface area contributed by atoms with E-state index >= 15 is 0 Å². The second kappa shape index (κ2) is 5.83. The number of esters is 1. The van der Waals surface area contributed by atoms with Gasteiger partial charge >= 0.3 is 5.97 Å². The molecule has 0 bridgehead atoms. The van der Waals surface area contributed by atoms with E-state index in [1.807, 2.05) is 0 Å². The molecule has 0 saturated carbocycles. The third kappa shape index (κ3) is 2.95. The van der Waals surface area contributed by atoms with Crippen LogP contribution in [0.2, 0.25) is 0 Å². The van der Waals surface area contributed by atoms with Crippen LogP contribution >= 0.6 is 0 Å². The highest BCUT2D eigenvalue weighted by Crippen LogP contribution is 2.34. The average molecular weight is 301 g/mol. The van der Waals surface area contributed by atoms with Crippen molar-refractivity contribution in [2.45, 2.75) is 63.4 Å². The van der Waals surface area contributed by atoms with Crippen LogP contribution in [0.25, 0.3) is 0 Å². The molecular weight excluding hydrogens is 274 g/mol. The fourth-order valence-electron chi connectivity index (χ4n) is 3.61. The highest BCUT2D eigenvalue weighted by atomic mass is 16.6. The lowest BCUT2D eigenvalue weighted by Gasteiger charge is -2.38. The second-order valence-electron chi connectivity index (χ2n) is 6.89. The van der Waals surface area contributed by atoms with Gasteiger partial charge in [-0.25, -0.2) is 4.79 Å². The van der Waals surface area contributed by atoms with Gasteiger partial charge in [-0.15, -0.1) is 0 Å². The number of ether oxygens (including phenoxy) is 1. The summed E-state index contributed by atoms with van der Waals surface area (Å²) in [4.78, 5) is 14.6. The molecule has 2 aliphatic rings. The van der Waals surface area contributed by atoms with E-state index in [0.29, 0.717) is 6.04 Å². The van der Waals surface area contributed by atoms with E-state index in [0.717, 1.165) is 25.9 Å². The van der Waals surface area contributed by atoms with E-state index < -0.39 is 23.3 Å². The molecule has 4 unspecified atom stereocenters. The summed E-state index contributed by atoms with van der Waals surface area (Å²) >= 11 is 0. The molecule has 6 nitrogen and oxygen atoms in total. The topological polar surface area (TPSA) is 90.2 Å². The van der Waals surface area contributed by atoms with Crippen LogP contribution in [-0.4, -0.2) is 69.2 Å². The predicted molar refractivity (Wildman–Crippen MR) is 76.6 cm³/mol. The summed E-state index contributed by atoms with van der Waals surface area (Å²) in [7, 11) is 0. The lowest BCUT2D eigenvalue weighted by Crippen LogP contribution is -2.63. The Bertz CT molecular complexity index is 392. The summed E-state index contributed by atoms with van der Waals surface area (Å²) in [5.41, 5.74) is -4.10. The van der Waals surface area contributed by atoms with Gasteiger partial charge in [-0.05, 0) is 53.1 Å². The van der Waals surface area contributed by atoms with Crippen LogP contribution < -0.4 is 0 Å². The first kappa shape index (κ1) is 16.7. The molecule has 0 aliphatic carbocycles. The molecule has 2 fully saturated rings. The van der Waals surface area contributed by atoms with E-state index in [1.165, 1.54) is 27.2 Å². The maximum Gasteiger partial charge on any atom is 0.343 e. The Kier molecular flexibility index (Phi) is 4.63. The normalized spacial score (nSPS) is 30.8. The molecule has 2 saturated heterocycles.